The SMILES string of the molecule is CCCCCCCCCCCCCCCCC/C=C/CC/C=C/CC/C=C/C(O)C(CO)NC(=O)C(O)CCCCCCCCCCCC. The van der Waals surface area contributed by atoms with Crippen LogP contribution in [-0.2, 0) is 4.79 Å². The summed E-state index contributed by atoms with van der Waals surface area (Å²) < 4.78 is 0. The predicted molar refractivity (Wildman–Crippen MR) is 213 cm³/mol. The molecular formula is C44H83NO4. The van der Waals surface area contributed by atoms with E-state index in [4.69, 9.17) is 0 Å². The number of aliphatic hydroxyl groups is 3. The maximum Gasteiger partial charge on any atom is 0.249 e. The molecule has 5 nitrogen and oxygen atoms in total. The molecule has 49 heavy (non-hydrogen) atoms. The minimum Gasteiger partial charge on any atom is -0.394 e. The van der Waals surface area contributed by atoms with Crippen molar-refractivity contribution in [2.24, 2.45) is 0 Å². The average Bonchev–Trinajstić information content (AvgIpc) is 3.11. The number of carbonyl (C=O) groups excluding carboxylic acids is 1. The molecule has 0 aromatic rings. The van der Waals surface area contributed by atoms with Gasteiger partial charge in [-0.05, 0) is 44.9 Å². The van der Waals surface area contributed by atoms with Gasteiger partial charge in [0.1, 0.15) is 6.10 Å². The molecule has 0 aromatic carbocycles. The molecule has 4 N–H and O–H groups in total. The molecule has 0 saturated carbocycles. The van der Waals surface area contributed by atoms with E-state index in [1.807, 2.05) is 6.08 Å². The van der Waals surface area contributed by atoms with E-state index >= 15 is 0 Å². The van der Waals surface area contributed by atoms with Crippen molar-refractivity contribution in [2.75, 3.05) is 6.61 Å². The number of carbonyl (C=O) groups is 1. The Morgan fingerprint density at radius 1 is 0.490 bits per heavy atom. The first-order chi connectivity index (χ1) is 24.1. The first-order valence-corrected chi connectivity index (χ1v) is 21.3. The Kier molecular flexibility index (Phi) is 38.2. The Morgan fingerprint density at radius 3 is 1.24 bits per heavy atom. The topological polar surface area (TPSA) is 89.8 Å². The van der Waals surface area contributed by atoms with Gasteiger partial charge < -0.3 is 20.6 Å². The second-order valence-electron chi connectivity index (χ2n) is 14.5. The summed E-state index contributed by atoms with van der Waals surface area (Å²) in [5.74, 6) is -0.519. The van der Waals surface area contributed by atoms with Crippen LogP contribution in [0.2, 0.25) is 0 Å². The Hall–Kier alpha value is -1.43. The highest BCUT2D eigenvalue weighted by atomic mass is 16.3. The van der Waals surface area contributed by atoms with Crippen LogP contribution in [0.15, 0.2) is 36.5 Å². The third-order valence-electron chi connectivity index (χ3n) is 9.71. The van der Waals surface area contributed by atoms with Crippen LogP contribution < -0.4 is 5.32 Å². The van der Waals surface area contributed by atoms with Crippen molar-refractivity contribution in [1.29, 1.82) is 0 Å². The fourth-order valence-corrected chi connectivity index (χ4v) is 6.33. The van der Waals surface area contributed by atoms with Crippen LogP contribution in [0.1, 0.15) is 213 Å². The maximum absolute atomic E-state index is 12.4. The number of allylic oxidation sites excluding steroid dienone is 5. The zero-order valence-electron chi connectivity index (χ0n) is 32.6. The highest BCUT2D eigenvalue weighted by Crippen LogP contribution is 2.15. The molecule has 0 radical (unpaired) electrons. The van der Waals surface area contributed by atoms with Crippen LogP contribution in [0.5, 0.6) is 0 Å². The van der Waals surface area contributed by atoms with Gasteiger partial charge in [0, 0.05) is 0 Å². The number of rotatable bonds is 38. The van der Waals surface area contributed by atoms with E-state index in [9.17, 15) is 20.1 Å². The molecule has 0 aliphatic carbocycles. The van der Waals surface area contributed by atoms with Gasteiger partial charge >= 0.3 is 0 Å². The van der Waals surface area contributed by atoms with Crippen LogP contribution in [0.3, 0.4) is 0 Å². The van der Waals surface area contributed by atoms with E-state index in [1.54, 1.807) is 6.08 Å². The Balaban J connectivity index is 3.70. The van der Waals surface area contributed by atoms with Crippen molar-refractivity contribution in [1.82, 2.24) is 5.32 Å². The standard InChI is InChI=1S/C44H83NO4/c1-3-5-7-9-11-13-15-16-17-18-19-20-21-22-23-24-25-26-27-28-29-31-32-34-36-38-42(47)41(40-46)45-44(49)43(48)39-37-35-33-30-14-12-10-8-6-4-2/h25-26,29,31,36,38,41-43,46-48H,3-24,27-28,30,32-35,37,39-40H2,1-2H3,(H,45,49)/b26-25+,31-29+,38-36+. The quantitative estimate of drug-likeness (QED) is 0.0384. The van der Waals surface area contributed by atoms with Gasteiger partial charge in [-0.25, -0.2) is 0 Å². The molecule has 1 amide bonds. The fraction of sp³-hybridized carbons (Fsp3) is 0.841. The van der Waals surface area contributed by atoms with Crippen molar-refractivity contribution < 1.29 is 20.1 Å². The van der Waals surface area contributed by atoms with Gasteiger partial charge in [-0.2, -0.15) is 0 Å². The number of aliphatic hydroxyl groups excluding tert-OH is 3. The molecule has 0 aromatic heterocycles. The molecule has 0 heterocycles. The van der Waals surface area contributed by atoms with E-state index in [2.05, 4.69) is 43.5 Å². The first-order valence-electron chi connectivity index (χ1n) is 21.3. The van der Waals surface area contributed by atoms with Gasteiger partial charge in [0.05, 0.1) is 18.8 Å². The highest BCUT2D eigenvalue weighted by Gasteiger charge is 2.22. The number of hydrogen-bond acceptors (Lipinski definition) is 4. The maximum atomic E-state index is 12.4. The Bertz CT molecular complexity index is 764. The number of hydrogen-bond donors (Lipinski definition) is 4. The van der Waals surface area contributed by atoms with Crippen molar-refractivity contribution in [3.05, 3.63) is 36.5 Å². The summed E-state index contributed by atoms with van der Waals surface area (Å²) in [4.78, 5) is 12.4. The van der Waals surface area contributed by atoms with Crippen LogP contribution in [0, 0.1) is 0 Å². The Morgan fingerprint density at radius 2 is 0.837 bits per heavy atom. The van der Waals surface area contributed by atoms with E-state index in [-0.39, 0.29) is 6.61 Å². The van der Waals surface area contributed by atoms with Crippen LogP contribution >= 0.6 is 0 Å². The molecule has 0 spiro atoms. The van der Waals surface area contributed by atoms with Crippen LogP contribution in [0.4, 0.5) is 0 Å². The first kappa shape index (κ1) is 47.6. The average molecular weight is 690 g/mol. The minimum absolute atomic E-state index is 0.380. The van der Waals surface area contributed by atoms with Crippen molar-refractivity contribution in [2.45, 2.75) is 231 Å². The molecule has 0 saturated heterocycles. The molecule has 0 aliphatic rings. The molecular weight excluding hydrogens is 606 g/mol. The lowest BCUT2D eigenvalue weighted by atomic mass is 10.0. The van der Waals surface area contributed by atoms with Crippen molar-refractivity contribution in [3.8, 4) is 0 Å². The summed E-state index contributed by atoms with van der Waals surface area (Å²) in [5, 5.41) is 32.9. The van der Waals surface area contributed by atoms with E-state index < -0.39 is 24.2 Å². The molecule has 288 valence electrons. The van der Waals surface area contributed by atoms with Gasteiger partial charge in [-0.1, -0.05) is 204 Å². The lowest BCUT2D eigenvalue weighted by molar-refractivity contribution is -0.131. The monoisotopic (exact) mass is 690 g/mol. The molecule has 0 rings (SSSR count). The fourth-order valence-electron chi connectivity index (χ4n) is 6.33. The van der Waals surface area contributed by atoms with E-state index in [1.165, 1.54) is 148 Å². The van der Waals surface area contributed by atoms with Crippen molar-refractivity contribution >= 4 is 5.91 Å². The molecule has 0 fully saturated rings. The lowest BCUT2D eigenvalue weighted by Gasteiger charge is -2.21. The predicted octanol–water partition coefficient (Wildman–Crippen LogP) is 12.0. The number of amides is 1. The second-order valence-corrected chi connectivity index (χ2v) is 14.5. The summed E-state index contributed by atoms with van der Waals surface area (Å²) in [6.45, 7) is 4.14. The van der Waals surface area contributed by atoms with E-state index in [0.717, 1.165) is 44.9 Å². The molecule has 0 aliphatic heterocycles. The van der Waals surface area contributed by atoms with Crippen LogP contribution in [-0.4, -0.2) is 46.1 Å². The molecule has 5 heteroatoms. The van der Waals surface area contributed by atoms with Gasteiger partial charge in [0.15, 0.2) is 0 Å². The smallest absolute Gasteiger partial charge is 0.249 e. The van der Waals surface area contributed by atoms with Crippen molar-refractivity contribution in [3.63, 3.8) is 0 Å². The highest BCUT2D eigenvalue weighted by molar-refractivity contribution is 5.80. The number of nitrogens with one attached hydrogen (secondary N) is 1. The number of unbranched alkanes of at least 4 members (excludes halogenated alkanes) is 26. The van der Waals surface area contributed by atoms with E-state index in [0.29, 0.717) is 6.42 Å². The zero-order chi connectivity index (χ0) is 35.9. The minimum atomic E-state index is -1.10. The Labute approximate surface area is 304 Å². The normalized spacial score (nSPS) is 14.0. The summed E-state index contributed by atoms with van der Waals surface area (Å²) in [6.07, 6.45) is 49.0. The lowest BCUT2D eigenvalue weighted by Crippen LogP contribution is -2.48. The van der Waals surface area contributed by atoms with Gasteiger partial charge in [0.25, 0.3) is 0 Å². The molecule has 3 atom stereocenters. The third kappa shape index (κ3) is 34.8. The summed E-state index contributed by atoms with van der Waals surface area (Å²) >= 11 is 0. The second kappa shape index (κ2) is 39.4. The summed E-state index contributed by atoms with van der Waals surface area (Å²) in [7, 11) is 0. The van der Waals surface area contributed by atoms with Gasteiger partial charge in [-0.3, -0.25) is 4.79 Å². The molecule has 0 bridgehead atoms. The molecule has 3 unspecified atom stereocenters. The zero-order valence-corrected chi connectivity index (χ0v) is 32.6. The summed E-state index contributed by atoms with van der Waals surface area (Å²) in [6, 6.07) is -0.817. The largest absolute Gasteiger partial charge is 0.394 e. The van der Waals surface area contributed by atoms with Crippen LogP contribution in [0.25, 0.3) is 0 Å². The van der Waals surface area contributed by atoms with Gasteiger partial charge in [-0.15, -0.1) is 0 Å². The van der Waals surface area contributed by atoms with Gasteiger partial charge in [0.2, 0.25) is 5.91 Å². The summed E-state index contributed by atoms with van der Waals surface area (Å²) in [5.41, 5.74) is 0. The third-order valence-corrected chi connectivity index (χ3v) is 9.71.